The zero-order chi connectivity index (χ0) is 12.5. The molecule has 2 rings (SSSR count). The molecule has 0 heterocycles. The first-order chi connectivity index (χ1) is 7.99. The molecule has 1 aromatic carbocycles. The van der Waals surface area contributed by atoms with Crippen molar-refractivity contribution in [3.63, 3.8) is 0 Å². The maximum atomic E-state index is 6.14. The van der Waals surface area contributed by atoms with Crippen LogP contribution in [-0.2, 0) is 10.8 Å². The van der Waals surface area contributed by atoms with E-state index >= 15 is 0 Å². The van der Waals surface area contributed by atoms with Crippen LogP contribution >= 0.6 is 0 Å². The summed E-state index contributed by atoms with van der Waals surface area (Å²) >= 11 is 0. The number of ether oxygens (including phenoxy) is 1. The molecule has 0 unspecified atom stereocenters. The van der Waals surface area contributed by atoms with Crippen molar-refractivity contribution < 1.29 is 9.16 Å². The van der Waals surface area contributed by atoms with E-state index in [0.29, 0.717) is 0 Å². The van der Waals surface area contributed by atoms with E-state index in [1.165, 1.54) is 11.1 Å². The van der Waals surface area contributed by atoms with Crippen LogP contribution in [0.25, 0.3) is 5.76 Å². The lowest BCUT2D eigenvalue weighted by Crippen LogP contribution is -2.25. The first-order valence-electron chi connectivity index (χ1n) is 6.06. The molecule has 0 N–H and O–H groups in total. The van der Waals surface area contributed by atoms with Gasteiger partial charge in [-0.1, -0.05) is 0 Å². The SMILES string of the molecule is COc1ccc2c(c1)CCC=C2O[Si](C)(C)C. The van der Waals surface area contributed by atoms with Crippen LogP contribution < -0.4 is 4.74 Å². The monoisotopic (exact) mass is 248 g/mol. The molecule has 1 aromatic rings. The van der Waals surface area contributed by atoms with Gasteiger partial charge >= 0.3 is 0 Å². The lowest BCUT2D eigenvalue weighted by Gasteiger charge is -2.26. The van der Waals surface area contributed by atoms with Gasteiger partial charge in [0.1, 0.15) is 11.5 Å². The normalized spacial score (nSPS) is 14.9. The quantitative estimate of drug-likeness (QED) is 0.757. The molecule has 17 heavy (non-hydrogen) atoms. The molecule has 0 saturated heterocycles. The highest BCUT2D eigenvalue weighted by atomic mass is 28.4. The Kier molecular flexibility index (Phi) is 3.29. The predicted molar refractivity (Wildman–Crippen MR) is 73.7 cm³/mol. The van der Waals surface area contributed by atoms with Gasteiger partial charge in [0.2, 0.25) is 8.32 Å². The summed E-state index contributed by atoms with van der Waals surface area (Å²) in [5.41, 5.74) is 2.57. The van der Waals surface area contributed by atoms with Crippen LogP contribution in [-0.4, -0.2) is 15.4 Å². The predicted octanol–water partition coefficient (Wildman–Crippen LogP) is 3.83. The minimum Gasteiger partial charge on any atom is -0.544 e. The van der Waals surface area contributed by atoms with E-state index in [1.807, 2.05) is 6.07 Å². The molecule has 0 amide bonds. The van der Waals surface area contributed by atoms with Gasteiger partial charge in [-0.15, -0.1) is 0 Å². The first-order valence-corrected chi connectivity index (χ1v) is 9.47. The van der Waals surface area contributed by atoms with Crippen LogP contribution in [0.3, 0.4) is 0 Å². The topological polar surface area (TPSA) is 18.5 Å². The van der Waals surface area contributed by atoms with Gasteiger partial charge < -0.3 is 9.16 Å². The number of benzene rings is 1. The number of hydrogen-bond donors (Lipinski definition) is 0. The average Bonchev–Trinajstić information content (AvgIpc) is 2.26. The maximum absolute atomic E-state index is 6.14. The number of aryl methyl sites for hydroxylation is 1. The third-order valence-corrected chi connectivity index (χ3v) is 3.57. The van der Waals surface area contributed by atoms with E-state index in [4.69, 9.17) is 9.16 Å². The molecule has 2 nitrogen and oxygen atoms in total. The highest BCUT2D eigenvalue weighted by Gasteiger charge is 2.22. The summed E-state index contributed by atoms with van der Waals surface area (Å²) in [5, 5.41) is 0. The van der Waals surface area contributed by atoms with Crippen LogP contribution in [0, 0.1) is 0 Å². The molecule has 1 aliphatic carbocycles. The summed E-state index contributed by atoms with van der Waals surface area (Å²) in [7, 11) is 0.174. The zero-order valence-corrected chi connectivity index (χ0v) is 12.0. The minimum absolute atomic E-state index is 0.929. The number of hydrogen-bond acceptors (Lipinski definition) is 2. The second-order valence-electron chi connectivity index (χ2n) is 5.34. The van der Waals surface area contributed by atoms with Gasteiger partial charge in [-0.3, -0.25) is 0 Å². The Morgan fingerprint density at radius 3 is 2.59 bits per heavy atom. The van der Waals surface area contributed by atoms with Crippen LogP contribution in [0.4, 0.5) is 0 Å². The molecular formula is C14H20O2Si. The Hall–Kier alpha value is -1.22. The lowest BCUT2D eigenvalue weighted by atomic mass is 9.96. The first kappa shape index (κ1) is 12.2. The highest BCUT2D eigenvalue weighted by Crippen LogP contribution is 2.31. The molecule has 0 radical (unpaired) electrons. The third kappa shape index (κ3) is 2.91. The molecule has 92 valence electrons. The second kappa shape index (κ2) is 4.57. The summed E-state index contributed by atoms with van der Waals surface area (Å²) in [6.45, 7) is 6.64. The Labute approximate surface area is 104 Å². The van der Waals surface area contributed by atoms with Crippen molar-refractivity contribution in [2.75, 3.05) is 7.11 Å². The molecule has 0 atom stereocenters. The van der Waals surface area contributed by atoms with E-state index in [-0.39, 0.29) is 0 Å². The third-order valence-electron chi connectivity index (χ3n) is 2.74. The standard InChI is InChI=1S/C14H20O2Si/c1-15-12-8-9-13-11(10-12)6-5-7-14(13)16-17(2,3)4/h7-10H,5-6H2,1-4H3. The molecule has 3 heteroatoms. The number of allylic oxidation sites excluding steroid dienone is 1. The minimum atomic E-state index is -1.53. The Morgan fingerprint density at radius 2 is 1.94 bits per heavy atom. The maximum Gasteiger partial charge on any atom is 0.242 e. The van der Waals surface area contributed by atoms with E-state index in [2.05, 4.69) is 37.8 Å². The highest BCUT2D eigenvalue weighted by molar-refractivity contribution is 6.70. The van der Waals surface area contributed by atoms with Crippen molar-refractivity contribution >= 4 is 14.1 Å². The summed E-state index contributed by atoms with van der Waals surface area (Å²) in [6, 6.07) is 6.24. The molecule has 0 bridgehead atoms. The molecular weight excluding hydrogens is 228 g/mol. The van der Waals surface area contributed by atoms with E-state index in [1.54, 1.807) is 7.11 Å². The molecule has 0 saturated carbocycles. The molecule has 1 aliphatic rings. The van der Waals surface area contributed by atoms with Crippen molar-refractivity contribution in [1.29, 1.82) is 0 Å². The van der Waals surface area contributed by atoms with Gasteiger partial charge in [0, 0.05) is 5.56 Å². The summed E-state index contributed by atoms with van der Waals surface area (Å²) in [6.07, 6.45) is 4.35. The molecule has 0 aromatic heterocycles. The van der Waals surface area contributed by atoms with Crippen LogP contribution in [0.2, 0.25) is 19.6 Å². The Morgan fingerprint density at radius 1 is 1.18 bits per heavy atom. The summed E-state index contributed by atoms with van der Waals surface area (Å²) in [5.74, 6) is 1.99. The van der Waals surface area contributed by atoms with Gasteiger partial charge in [-0.05, 0) is 62.3 Å². The van der Waals surface area contributed by atoms with Crippen molar-refractivity contribution in [3.8, 4) is 5.75 Å². The molecule has 0 fully saturated rings. The van der Waals surface area contributed by atoms with Gasteiger partial charge in [-0.2, -0.15) is 0 Å². The number of methoxy groups -OCH3 is 1. The Balaban J connectivity index is 2.32. The van der Waals surface area contributed by atoms with Crippen molar-refractivity contribution in [1.82, 2.24) is 0 Å². The molecule has 0 aliphatic heterocycles. The summed E-state index contributed by atoms with van der Waals surface area (Å²) in [4.78, 5) is 0. The summed E-state index contributed by atoms with van der Waals surface area (Å²) < 4.78 is 11.4. The van der Waals surface area contributed by atoms with E-state index < -0.39 is 8.32 Å². The lowest BCUT2D eigenvalue weighted by molar-refractivity contribution is 0.414. The Bertz CT molecular complexity index is 444. The van der Waals surface area contributed by atoms with Crippen molar-refractivity contribution in [2.45, 2.75) is 32.5 Å². The van der Waals surface area contributed by atoms with Crippen molar-refractivity contribution in [3.05, 3.63) is 35.4 Å². The largest absolute Gasteiger partial charge is 0.544 e. The van der Waals surface area contributed by atoms with E-state index in [9.17, 15) is 0 Å². The fourth-order valence-corrected chi connectivity index (χ4v) is 2.89. The van der Waals surface area contributed by atoms with E-state index in [0.717, 1.165) is 24.4 Å². The second-order valence-corrected chi connectivity index (χ2v) is 9.77. The van der Waals surface area contributed by atoms with Crippen molar-refractivity contribution in [2.24, 2.45) is 0 Å². The number of fused-ring (bicyclic) bond motifs is 1. The molecule has 0 spiro atoms. The van der Waals surface area contributed by atoms with Gasteiger partial charge in [-0.25, -0.2) is 0 Å². The average molecular weight is 248 g/mol. The van der Waals surface area contributed by atoms with Crippen LogP contribution in [0.1, 0.15) is 17.5 Å². The van der Waals surface area contributed by atoms with Crippen LogP contribution in [0.15, 0.2) is 24.3 Å². The number of rotatable bonds is 3. The van der Waals surface area contributed by atoms with Gasteiger partial charge in [0.25, 0.3) is 0 Å². The fraction of sp³-hybridized carbons (Fsp3) is 0.429. The van der Waals surface area contributed by atoms with Gasteiger partial charge in [0.05, 0.1) is 7.11 Å². The fourth-order valence-electron chi connectivity index (χ4n) is 2.04. The smallest absolute Gasteiger partial charge is 0.242 e. The van der Waals surface area contributed by atoms with Crippen LogP contribution in [0.5, 0.6) is 5.75 Å². The zero-order valence-electron chi connectivity index (χ0n) is 11.0. The van der Waals surface area contributed by atoms with Gasteiger partial charge in [0.15, 0.2) is 0 Å².